The molecule has 0 aliphatic heterocycles. The third-order valence-corrected chi connectivity index (χ3v) is 3.89. The molecule has 1 aromatic heterocycles. The van der Waals surface area contributed by atoms with E-state index in [-0.39, 0.29) is 0 Å². The minimum absolute atomic E-state index is 0.441. The zero-order chi connectivity index (χ0) is 11.7. The Balaban J connectivity index is 2.11. The summed E-state index contributed by atoms with van der Waals surface area (Å²) < 4.78 is 2.31. The maximum absolute atomic E-state index is 5.87. The van der Waals surface area contributed by atoms with Crippen LogP contribution in [-0.2, 0) is 6.54 Å². The second-order valence-corrected chi connectivity index (χ2v) is 5.53. The largest absolute Gasteiger partial charge is 0.334 e. The van der Waals surface area contributed by atoms with Gasteiger partial charge in [0.25, 0.3) is 0 Å². The summed E-state index contributed by atoms with van der Waals surface area (Å²) in [6, 6.07) is 0. The first-order valence-corrected chi connectivity index (χ1v) is 6.33. The van der Waals surface area contributed by atoms with Crippen LogP contribution in [0.1, 0.15) is 38.8 Å². The van der Waals surface area contributed by atoms with Crippen LogP contribution in [0.2, 0.25) is 0 Å². The Hall–Kier alpha value is -0.830. The van der Waals surface area contributed by atoms with Gasteiger partial charge >= 0.3 is 0 Å². The van der Waals surface area contributed by atoms with Crippen molar-refractivity contribution in [1.82, 2.24) is 9.55 Å². The lowest BCUT2D eigenvalue weighted by Crippen LogP contribution is -2.21. The van der Waals surface area contributed by atoms with Crippen LogP contribution >= 0.6 is 0 Å². The zero-order valence-electron chi connectivity index (χ0n) is 10.6. The van der Waals surface area contributed by atoms with Crippen LogP contribution in [-0.4, -0.2) is 16.1 Å². The van der Waals surface area contributed by atoms with Crippen molar-refractivity contribution in [3.63, 3.8) is 0 Å². The highest BCUT2D eigenvalue weighted by Gasteiger charge is 2.33. The second-order valence-electron chi connectivity index (χ2n) is 5.53. The summed E-state index contributed by atoms with van der Waals surface area (Å²) in [7, 11) is 0. The monoisotopic (exact) mass is 221 g/mol. The fraction of sp³-hybridized carbons (Fsp3) is 0.769. The van der Waals surface area contributed by atoms with E-state index < -0.39 is 0 Å². The van der Waals surface area contributed by atoms with Crippen LogP contribution < -0.4 is 5.73 Å². The number of nitrogens with zero attached hydrogens (tertiary/aromatic N) is 2. The van der Waals surface area contributed by atoms with Gasteiger partial charge in [-0.2, -0.15) is 0 Å². The number of aromatic nitrogens is 2. The van der Waals surface area contributed by atoms with E-state index in [9.17, 15) is 0 Å². The smallest absolute Gasteiger partial charge is 0.0948 e. The standard InChI is InChI=1S/C13H23N3/c1-9(2)12(5-14)13-6-15-8-16(13)7-11-4-10(11)3/h6,8-12H,4-5,7,14H2,1-3H3. The van der Waals surface area contributed by atoms with E-state index in [1.807, 2.05) is 12.5 Å². The Bertz CT molecular complexity index is 343. The number of hydrogen-bond acceptors (Lipinski definition) is 2. The van der Waals surface area contributed by atoms with Crippen LogP contribution in [0, 0.1) is 17.8 Å². The first kappa shape index (κ1) is 11.6. The predicted molar refractivity (Wildman–Crippen MR) is 66.1 cm³/mol. The Labute approximate surface area is 98.1 Å². The van der Waals surface area contributed by atoms with Crippen molar-refractivity contribution in [2.45, 2.75) is 39.7 Å². The minimum Gasteiger partial charge on any atom is -0.334 e. The molecule has 3 atom stereocenters. The van der Waals surface area contributed by atoms with Gasteiger partial charge in [-0.1, -0.05) is 20.8 Å². The van der Waals surface area contributed by atoms with E-state index in [0.717, 1.165) is 18.4 Å². The molecule has 1 aromatic rings. The van der Waals surface area contributed by atoms with Gasteiger partial charge in [0.15, 0.2) is 0 Å². The van der Waals surface area contributed by atoms with Gasteiger partial charge in [-0.05, 0) is 24.2 Å². The number of imidazole rings is 1. The van der Waals surface area contributed by atoms with Crippen LogP contribution in [0.4, 0.5) is 0 Å². The summed E-state index contributed by atoms with van der Waals surface area (Å²) in [5, 5.41) is 0. The topological polar surface area (TPSA) is 43.8 Å². The SMILES string of the molecule is CC(C)C(CN)c1cncn1CC1CC1C. The molecule has 1 fully saturated rings. The first-order valence-electron chi connectivity index (χ1n) is 6.33. The molecule has 0 saturated heterocycles. The van der Waals surface area contributed by atoms with E-state index in [1.54, 1.807) is 0 Å². The molecule has 0 aromatic carbocycles. The molecule has 2 N–H and O–H groups in total. The van der Waals surface area contributed by atoms with Crippen LogP contribution in [0.3, 0.4) is 0 Å². The lowest BCUT2D eigenvalue weighted by atomic mass is 9.93. The number of hydrogen-bond donors (Lipinski definition) is 1. The van der Waals surface area contributed by atoms with Gasteiger partial charge in [-0.25, -0.2) is 4.98 Å². The molecule has 16 heavy (non-hydrogen) atoms. The van der Waals surface area contributed by atoms with E-state index in [1.165, 1.54) is 12.1 Å². The molecular formula is C13H23N3. The average Bonchev–Trinajstić information content (AvgIpc) is 2.74. The normalized spacial score (nSPS) is 26.1. The van der Waals surface area contributed by atoms with Crippen molar-refractivity contribution in [1.29, 1.82) is 0 Å². The van der Waals surface area contributed by atoms with E-state index in [0.29, 0.717) is 18.4 Å². The molecule has 2 rings (SSSR count). The van der Waals surface area contributed by atoms with Crippen LogP contribution in [0.5, 0.6) is 0 Å². The molecule has 1 saturated carbocycles. The molecule has 3 heteroatoms. The van der Waals surface area contributed by atoms with Gasteiger partial charge < -0.3 is 10.3 Å². The molecular weight excluding hydrogens is 198 g/mol. The van der Waals surface area contributed by atoms with Gasteiger partial charge in [0.2, 0.25) is 0 Å². The summed E-state index contributed by atoms with van der Waals surface area (Å²) in [4.78, 5) is 4.29. The van der Waals surface area contributed by atoms with Crippen molar-refractivity contribution < 1.29 is 0 Å². The molecule has 0 amide bonds. The summed E-state index contributed by atoms with van der Waals surface area (Å²) in [5.74, 6) is 2.78. The Kier molecular flexibility index (Phi) is 3.33. The average molecular weight is 221 g/mol. The fourth-order valence-electron chi connectivity index (χ4n) is 2.43. The van der Waals surface area contributed by atoms with Gasteiger partial charge in [-0.15, -0.1) is 0 Å². The van der Waals surface area contributed by atoms with Crippen molar-refractivity contribution >= 4 is 0 Å². The molecule has 3 nitrogen and oxygen atoms in total. The second kappa shape index (κ2) is 4.58. The summed E-state index contributed by atoms with van der Waals surface area (Å²) in [5.41, 5.74) is 7.18. The molecule has 1 aliphatic carbocycles. The highest BCUT2D eigenvalue weighted by Crippen LogP contribution is 2.39. The highest BCUT2D eigenvalue weighted by atomic mass is 15.1. The molecule has 0 radical (unpaired) electrons. The molecule has 0 spiro atoms. The Morgan fingerprint density at radius 1 is 1.56 bits per heavy atom. The summed E-state index contributed by atoms with van der Waals surface area (Å²) in [6.07, 6.45) is 5.32. The summed E-state index contributed by atoms with van der Waals surface area (Å²) in [6.45, 7) is 8.62. The molecule has 1 aliphatic rings. The minimum atomic E-state index is 0.441. The van der Waals surface area contributed by atoms with Gasteiger partial charge in [-0.3, -0.25) is 0 Å². The lowest BCUT2D eigenvalue weighted by molar-refractivity contribution is 0.461. The van der Waals surface area contributed by atoms with Gasteiger partial charge in [0.1, 0.15) is 0 Å². The van der Waals surface area contributed by atoms with E-state index in [4.69, 9.17) is 5.73 Å². The Morgan fingerprint density at radius 3 is 2.75 bits per heavy atom. The molecule has 1 heterocycles. The summed E-state index contributed by atoms with van der Waals surface area (Å²) >= 11 is 0. The van der Waals surface area contributed by atoms with Crippen LogP contribution in [0.15, 0.2) is 12.5 Å². The molecule has 3 unspecified atom stereocenters. The van der Waals surface area contributed by atoms with Crippen molar-refractivity contribution in [2.75, 3.05) is 6.54 Å². The number of rotatable bonds is 5. The zero-order valence-corrected chi connectivity index (χ0v) is 10.6. The Morgan fingerprint density at radius 2 is 2.25 bits per heavy atom. The quantitative estimate of drug-likeness (QED) is 0.828. The fourth-order valence-corrected chi connectivity index (χ4v) is 2.43. The lowest BCUT2D eigenvalue weighted by Gasteiger charge is -2.20. The van der Waals surface area contributed by atoms with Gasteiger partial charge in [0, 0.05) is 30.9 Å². The first-order chi connectivity index (χ1) is 7.63. The van der Waals surface area contributed by atoms with Crippen molar-refractivity contribution in [3.8, 4) is 0 Å². The molecule has 0 bridgehead atoms. The third kappa shape index (κ3) is 2.29. The van der Waals surface area contributed by atoms with Gasteiger partial charge in [0.05, 0.1) is 6.33 Å². The van der Waals surface area contributed by atoms with Crippen LogP contribution in [0.25, 0.3) is 0 Å². The number of nitrogens with two attached hydrogens (primary N) is 1. The molecule has 90 valence electrons. The van der Waals surface area contributed by atoms with Crippen molar-refractivity contribution in [2.24, 2.45) is 23.5 Å². The maximum Gasteiger partial charge on any atom is 0.0948 e. The van der Waals surface area contributed by atoms with E-state index in [2.05, 4.69) is 30.3 Å². The third-order valence-electron chi connectivity index (χ3n) is 3.89. The van der Waals surface area contributed by atoms with E-state index >= 15 is 0 Å². The highest BCUT2D eigenvalue weighted by molar-refractivity contribution is 5.09. The maximum atomic E-state index is 5.87. The predicted octanol–water partition coefficient (Wildman–Crippen LogP) is 2.24. The van der Waals surface area contributed by atoms with Crippen molar-refractivity contribution in [3.05, 3.63) is 18.2 Å².